The van der Waals surface area contributed by atoms with Gasteiger partial charge in [-0.2, -0.15) is 0 Å². The number of likely N-dealkylation sites (tertiary alicyclic amines) is 2. The van der Waals surface area contributed by atoms with Gasteiger partial charge in [-0.3, -0.25) is 9.59 Å². The number of hydrogen-bond donors (Lipinski definition) is 3. The van der Waals surface area contributed by atoms with Gasteiger partial charge >= 0.3 is 6.03 Å². The number of allylic oxidation sites excluding steroid dienone is 2. The lowest BCUT2D eigenvalue weighted by Gasteiger charge is -2.34. The van der Waals surface area contributed by atoms with Crippen molar-refractivity contribution < 1.29 is 18.8 Å². The molecule has 4 aliphatic rings. The van der Waals surface area contributed by atoms with Crippen molar-refractivity contribution in [3.05, 3.63) is 46.1 Å². The van der Waals surface area contributed by atoms with Crippen molar-refractivity contribution in [3.63, 3.8) is 0 Å². The largest absolute Gasteiger partial charge is 0.357 e. The molecule has 2 atom stereocenters. The summed E-state index contributed by atoms with van der Waals surface area (Å²) in [5.41, 5.74) is 3.40. The van der Waals surface area contributed by atoms with E-state index in [2.05, 4.69) is 15.6 Å². The average Bonchev–Trinajstić information content (AvgIpc) is 3.54. The van der Waals surface area contributed by atoms with Crippen LogP contribution in [0.25, 0.3) is 6.08 Å². The number of H-pyrrole nitrogens is 1. The number of halogens is 1. The molecule has 3 saturated heterocycles. The van der Waals surface area contributed by atoms with Crippen LogP contribution in [0.4, 0.5) is 14.9 Å². The number of carbonyl (C=O) groups excluding carboxylic acids is 3. The van der Waals surface area contributed by atoms with Crippen LogP contribution in [0, 0.1) is 19.8 Å². The quantitative estimate of drug-likeness (QED) is 0.554. The van der Waals surface area contributed by atoms with Crippen molar-refractivity contribution in [3.8, 4) is 0 Å². The van der Waals surface area contributed by atoms with Gasteiger partial charge in [0.05, 0.1) is 17.1 Å². The van der Waals surface area contributed by atoms with E-state index in [-0.39, 0.29) is 29.6 Å². The molecular formula is C27H34FN5O3. The zero-order chi connectivity index (χ0) is 25.6. The molecule has 3 N–H and O–H groups in total. The minimum absolute atomic E-state index is 0.0399. The molecule has 0 saturated carbocycles. The summed E-state index contributed by atoms with van der Waals surface area (Å²) in [4.78, 5) is 45.7. The number of nitrogens with one attached hydrogen (secondary N) is 3. The van der Waals surface area contributed by atoms with Crippen molar-refractivity contribution in [2.24, 2.45) is 5.92 Å². The first kappa shape index (κ1) is 24.3. The van der Waals surface area contributed by atoms with Gasteiger partial charge in [0.1, 0.15) is 5.83 Å². The second kappa shape index (κ2) is 9.26. The highest BCUT2D eigenvalue weighted by Gasteiger charge is 2.43. The third-order valence-corrected chi connectivity index (χ3v) is 7.96. The van der Waals surface area contributed by atoms with Crippen LogP contribution in [0.2, 0.25) is 0 Å². The number of fused-ring (bicyclic) bond motifs is 1. The first-order valence-electron chi connectivity index (χ1n) is 12.8. The molecule has 0 bridgehead atoms. The third-order valence-electron chi connectivity index (χ3n) is 7.96. The maximum atomic E-state index is 14.0. The topological polar surface area (TPSA) is 97.5 Å². The van der Waals surface area contributed by atoms with Crippen LogP contribution in [0.5, 0.6) is 0 Å². The molecule has 8 nitrogen and oxygen atoms in total. The molecule has 1 aliphatic carbocycles. The van der Waals surface area contributed by atoms with Gasteiger partial charge in [0.2, 0.25) is 5.91 Å². The van der Waals surface area contributed by atoms with Crippen LogP contribution >= 0.6 is 0 Å². The smallest absolute Gasteiger partial charge is 0.320 e. The van der Waals surface area contributed by atoms with E-state index in [1.54, 1.807) is 6.08 Å². The summed E-state index contributed by atoms with van der Waals surface area (Å²) in [7, 11) is 0. The maximum Gasteiger partial charge on any atom is 0.320 e. The summed E-state index contributed by atoms with van der Waals surface area (Å²) in [5, 5.41) is 6.04. The van der Waals surface area contributed by atoms with Gasteiger partial charge in [0.25, 0.3) is 5.91 Å². The van der Waals surface area contributed by atoms with Crippen LogP contribution in [0.3, 0.4) is 0 Å². The van der Waals surface area contributed by atoms with E-state index >= 15 is 0 Å². The molecule has 2 unspecified atom stereocenters. The highest BCUT2D eigenvalue weighted by molar-refractivity contribution is 6.07. The van der Waals surface area contributed by atoms with E-state index in [9.17, 15) is 18.8 Å². The Kier molecular flexibility index (Phi) is 6.26. The zero-order valence-electron chi connectivity index (χ0n) is 21.2. The number of aryl methyl sites for hydroxylation is 1. The molecule has 1 aromatic rings. The number of amides is 4. The van der Waals surface area contributed by atoms with Gasteiger partial charge in [0.15, 0.2) is 0 Å². The SMILES string of the molecule is Cc1[nH]c(/C=C2\C(=O)NC3(C)CC=C(F)C=C23)c(C)c1NC(=O)C1CCCN(C(=O)N2CCCC2)C1. The monoisotopic (exact) mass is 495 g/mol. The minimum atomic E-state index is -0.621. The van der Waals surface area contributed by atoms with Gasteiger partial charge in [-0.05, 0) is 82.2 Å². The molecule has 5 rings (SSSR count). The summed E-state index contributed by atoms with van der Waals surface area (Å²) in [6.07, 6.45) is 8.65. The number of rotatable bonds is 3. The fourth-order valence-electron chi connectivity index (χ4n) is 5.79. The molecule has 3 aliphatic heterocycles. The third kappa shape index (κ3) is 4.35. The van der Waals surface area contributed by atoms with E-state index in [1.165, 1.54) is 12.2 Å². The van der Waals surface area contributed by atoms with E-state index in [0.29, 0.717) is 42.0 Å². The number of urea groups is 1. The Morgan fingerprint density at radius 3 is 2.64 bits per heavy atom. The molecule has 192 valence electrons. The molecule has 1 aromatic heterocycles. The summed E-state index contributed by atoms with van der Waals surface area (Å²) < 4.78 is 14.0. The standard InChI is InChI=1S/C27H34FN5O3/c1-16-22(14-20-21-13-19(28)8-9-27(21,3)31-25(20)35)29-17(2)23(16)30-24(34)18-7-6-12-33(15-18)26(36)32-10-4-5-11-32/h8,13-14,18,29H,4-7,9-12,15H2,1-3H3,(H,30,34)(H,31,35)/b20-14-. The van der Waals surface area contributed by atoms with Gasteiger partial charge < -0.3 is 25.4 Å². The molecule has 9 heteroatoms. The van der Waals surface area contributed by atoms with E-state index < -0.39 is 5.54 Å². The lowest BCUT2D eigenvalue weighted by atomic mass is 9.84. The highest BCUT2D eigenvalue weighted by atomic mass is 19.1. The Hall–Kier alpha value is -3.36. The maximum absolute atomic E-state index is 14.0. The Morgan fingerprint density at radius 1 is 1.17 bits per heavy atom. The lowest BCUT2D eigenvalue weighted by molar-refractivity contribution is -0.121. The lowest BCUT2D eigenvalue weighted by Crippen LogP contribution is -2.48. The van der Waals surface area contributed by atoms with Crippen molar-refractivity contribution in [2.45, 2.75) is 58.4 Å². The van der Waals surface area contributed by atoms with Crippen LogP contribution in [-0.2, 0) is 9.59 Å². The van der Waals surface area contributed by atoms with Crippen LogP contribution in [0.15, 0.2) is 29.1 Å². The normalized spacial score (nSPS) is 27.1. The fraction of sp³-hybridized carbons (Fsp3) is 0.519. The molecule has 0 aromatic carbocycles. The van der Waals surface area contributed by atoms with Crippen LogP contribution in [-0.4, -0.2) is 64.3 Å². The zero-order valence-corrected chi connectivity index (χ0v) is 21.2. The van der Waals surface area contributed by atoms with Gasteiger partial charge in [-0.1, -0.05) is 0 Å². The first-order valence-corrected chi connectivity index (χ1v) is 12.8. The van der Waals surface area contributed by atoms with Gasteiger partial charge in [-0.15, -0.1) is 0 Å². The molecular weight excluding hydrogens is 461 g/mol. The number of anilines is 1. The Labute approximate surface area is 210 Å². The number of hydrogen-bond acceptors (Lipinski definition) is 3. The van der Waals surface area contributed by atoms with Crippen LogP contribution < -0.4 is 10.6 Å². The van der Waals surface area contributed by atoms with Gasteiger partial charge in [0, 0.05) is 43.1 Å². The predicted molar refractivity (Wildman–Crippen MR) is 136 cm³/mol. The molecule has 0 spiro atoms. The second-order valence-electron chi connectivity index (χ2n) is 10.6. The van der Waals surface area contributed by atoms with Gasteiger partial charge in [-0.25, -0.2) is 9.18 Å². The molecule has 4 amide bonds. The molecule has 4 heterocycles. The summed E-state index contributed by atoms with van der Waals surface area (Å²) >= 11 is 0. The van der Waals surface area contributed by atoms with Crippen molar-refractivity contribution >= 4 is 29.6 Å². The van der Waals surface area contributed by atoms with E-state index in [1.807, 2.05) is 30.6 Å². The number of piperidine rings is 1. The Balaban J connectivity index is 1.33. The number of nitrogens with zero attached hydrogens (tertiary/aromatic N) is 2. The Bertz CT molecular complexity index is 1210. The predicted octanol–water partition coefficient (Wildman–Crippen LogP) is 3.95. The number of carbonyl (C=O) groups is 3. The first-order chi connectivity index (χ1) is 17.2. The number of aromatic nitrogens is 1. The van der Waals surface area contributed by atoms with Crippen LogP contribution in [0.1, 0.15) is 56.0 Å². The molecule has 0 radical (unpaired) electrons. The summed E-state index contributed by atoms with van der Waals surface area (Å²) in [6, 6.07) is 0.0399. The Morgan fingerprint density at radius 2 is 1.89 bits per heavy atom. The average molecular weight is 496 g/mol. The number of aromatic amines is 1. The fourth-order valence-corrected chi connectivity index (χ4v) is 5.79. The van der Waals surface area contributed by atoms with E-state index in [4.69, 9.17) is 0 Å². The molecule has 3 fully saturated rings. The molecule has 36 heavy (non-hydrogen) atoms. The minimum Gasteiger partial charge on any atom is -0.357 e. The van der Waals surface area contributed by atoms with Crippen molar-refractivity contribution in [1.82, 2.24) is 20.1 Å². The summed E-state index contributed by atoms with van der Waals surface area (Å²) in [5.74, 6) is -0.966. The van der Waals surface area contributed by atoms with Crippen molar-refractivity contribution in [2.75, 3.05) is 31.5 Å². The van der Waals surface area contributed by atoms with Crippen molar-refractivity contribution in [1.29, 1.82) is 0 Å². The highest BCUT2D eigenvalue weighted by Crippen LogP contribution is 2.40. The van der Waals surface area contributed by atoms with E-state index in [0.717, 1.165) is 50.0 Å². The summed E-state index contributed by atoms with van der Waals surface area (Å²) in [6.45, 7) is 8.35. The second-order valence-corrected chi connectivity index (χ2v) is 10.6.